The van der Waals surface area contributed by atoms with E-state index in [0.29, 0.717) is 17.2 Å². The van der Waals surface area contributed by atoms with Crippen LogP contribution in [0.2, 0.25) is 0 Å². The Hall–Kier alpha value is -1.95. The molecule has 3 heteroatoms. The van der Waals surface area contributed by atoms with E-state index < -0.39 is 6.10 Å². The Bertz CT molecular complexity index is 615. The van der Waals surface area contributed by atoms with E-state index in [2.05, 4.69) is 11.8 Å². The third-order valence-electron chi connectivity index (χ3n) is 2.88. The van der Waals surface area contributed by atoms with Crippen LogP contribution in [0.15, 0.2) is 64.9 Å². The summed E-state index contributed by atoms with van der Waals surface area (Å²) >= 11 is 6.05. The van der Waals surface area contributed by atoms with E-state index in [0.717, 1.165) is 11.1 Å². The Morgan fingerprint density at radius 3 is 2.70 bits per heavy atom. The Morgan fingerprint density at radius 2 is 2.00 bits per heavy atom. The van der Waals surface area contributed by atoms with Crippen molar-refractivity contribution < 1.29 is 9.84 Å². The number of hydrogen-bond donors (Lipinski definition) is 1. The van der Waals surface area contributed by atoms with Gasteiger partial charge in [0.2, 0.25) is 0 Å². The molecule has 1 aliphatic carbocycles. The van der Waals surface area contributed by atoms with Crippen molar-refractivity contribution in [2.45, 2.75) is 12.5 Å². The number of methoxy groups -OCH3 is 1. The molecule has 0 amide bonds. The maximum atomic E-state index is 9.99. The molecule has 1 aromatic carbocycles. The lowest BCUT2D eigenvalue weighted by molar-refractivity contribution is 0.238. The van der Waals surface area contributed by atoms with E-state index in [1.807, 2.05) is 42.5 Å². The average Bonchev–Trinajstić information content (AvgIpc) is 2.67. The van der Waals surface area contributed by atoms with Crippen LogP contribution in [-0.2, 0) is 4.74 Å². The molecule has 0 spiro atoms. The molecular weight excluding hydrogens is 272 g/mol. The van der Waals surface area contributed by atoms with Gasteiger partial charge in [-0.2, -0.15) is 0 Å². The molecule has 0 saturated carbocycles. The number of hydrogen-bond acceptors (Lipinski definition) is 2. The highest BCUT2D eigenvalue weighted by molar-refractivity contribution is 6.31. The summed E-state index contributed by atoms with van der Waals surface area (Å²) in [5.41, 5.74) is 1.67. The zero-order chi connectivity index (χ0) is 14.4. The summed E-state index contributed by atoms with van der Waals surface area (Å²) in [5.74, 6) is 6.44. The third-order valence-corrected chi connectivity index (χ3v) is 3.22. The molecule has 0 aromatic heterocycles. The highest BCUT2D eigenvalue weighted by Gasteiger charge is 2.06. The van der Waals surface area contributed by atoms with E-state index in [9.17, 15) is 5.11 Å². The fourth-order valence-electron chi connectivity index (χ4n) is 1.76. The number of aliphatic hydroxyl groups is 1. The quantitative estimate of drug-likeness (QED) is 0.840. The first-order chi connectivity index (χ1) is 9.70. The molecule has 1 aromatic rings. The minimum absolute atomic E-state index is 0.573. The molecule has 2 nitrogen and oxygen atoms in total. The van der Waals surface area contributed by atoms with E-state index in [-0.39, 0.29) is 0 Å². The van der Waals surface area contributed by atoms with Crippen LogP contribution in [0, 0.1) is 11.8 Å². The van der Waals surface area contributed by atoms with Gasteiger partial charge in [0.25, 0.3) is 0 Å². The number of allylic oxidation sites excluding steroid dienone is 5. The Labute approximate surface area is 124 Å². The van der Waals surface area contributed by atoms with Gasteiger partial charge in [-0.3, -0.25) is 0 Å². The molecule has 1 unspecified atom stereocenters. The zero-order valence-electron chi connectivity index (χ0n) is 11.1. The van der Waals surface area contributed by atoms with Crippen molar-refractivity contribution in [3.05, 3.63) is 70.5 Å². The van der Waals surface area contributed by atoms with E-state index >= 15 is 0 Å². The van der Waals surface area contributed by atoms with Crippen molar-refractivity contribution in [1.82, 2.24) is 0 Å². The Morgan fingerprint density at radius 1 is 1.25 bits per heavy atom. The zero-order valence-corrected chi connectivity index (χ0v) is 11.9. The molecule has 102 valence electrons. The molecule has 20 heavy (non-hydrogen) atoms. The molecule has 1 aliphatic rings. The average molecular weight is 287 g/mol. The molecule has 0 radical (unpaired) electrons. The van der Waals surface area contributed by atoms with E-state index in [4.69, 9.17) is 16.3 Å². The predicted octanol–water partition coefficient (Wildman–Crippen LogP) is 3.71. The molecule has 2 rings (SSSR count). The summed E-state index contributed by atoms with van der Waals surface area (Å²) in [4.78, 5) is 0. The fourth-order valence-corrected chi connectivity index (χ4v) is 1.98. The number of benzene rings is 1. The van der Waals surface area contributed by atoms with Crippen molar-refractivity contribution in [2.24, 2.45) is 0 Å². The molecule has 1 N–H and O–H groups in total. The Balaban J connectivity index is 2.14. The standard InChI is InChI=1S/C17H15ClO2/c1-20-17-12-9-13(7-10-15(17)18)8-11-16(19)14-5-3-2-4-6-14/h2-6,9-10,12,16,19H,7H2,1H3. The van der Waals surface area contributed by atoms with Crippen LogP contribution in [0.5, 0.6) is 0 Å². The topological polar surface area (TPSA) is 29.5 Å². The van der Waals surface area contributed by atoms with Gasteiger partial charge >= 0.3 is 0 Å². The molecule has 1 atom stereocenters. The maximum Gasteiger partial charge on any atom is 0.140 e. The number of ether oxygens (including phenoxy) is 1. The lowest BCUT2D eigenvalue weighted by atomic mass is 10.1. The molecular formula is C17H15ClO2. The van der Waals surface area contributed by atoms with Gasteiger partial charge in [-0.05, 0) is 17.7 Å². The van der Waals surface area contributed by atoms with Gasteiger partial charge < -0.3 is 9.84 Å². The molecule has 0 fully saturated rings. The maximum absolute atomic E-state index is 9.99. The van der Waals surface area contributed by atoms with Crippen molar-refractivity contribution >= 4 is 11.6 Å². The van der Waals surface area contributed by atoms with Crippen LogP contribution in [0.25, 0.3) is 0 Å². The smallest absolute Gasteiger partial charge is 0.140 e. The van der Waals surface area contributed by atoms with Gasteiger partial charge in [0.05, 0.1) is 12.1 Å². The SMILES string of the molecule is COC1=CC=C(C#CC(O)c2ccccc2)CC=C1Cl. The summed E-state index contributed by atoms with van der Waals surface area (Å²) in [6.45, 7) is 0. The monoisotopic (exact) mass is 286 g/mol. The van der Waals surface area contributed by atoms with Gasteiger partial charge in [0.1, 0.15) is 11.9 Å². The second-order valence-corrected chi connectivity index (χ2v) is 4.67. The van der Waals surface area contributed by atoms with Crippen LogP contribution in [0.4, 0.5) is 0 Å². The third kappa shape index (κ3) is 3.77. The molecule has 0 bridgehead atoms. The lowest BCUT2D eigenvalue weighted by Gasteiger charge is -2.02. The summed E-state index contributed by atoms with van der Waals surface area (Å²) in [6, 6.07) is 9.35. The van der Waals surface area contributed by atoms with Crippen molar-refractivity contribution in [3.63, 3.8) is 0 Å². The normalized spacial score (nSPS) is 15.8. The molecule has 0 aliphatic heterocycles. The first-order valence-corrected chi connectivity index (χ1v) is 6.64. The first kappa shape index (κ1) is 14.5. The van der Waals surface area contributed by atoms with Crippen molar-refractivity contribution in [3.8, 4) is 11.8 Å². The van der Waals surface area contributed by atoms with Gasteiger partial charge in [0, 0.05) is 12.0 Å². The summed E-state index contributed by atoms with van der Waals surface area (Å²) < 4.78 is 5.15. The summed E-state index contributed by atoms with van der Waals surface area (Å²) in [7, 11) is 1.58. The van der Waals surface area contributed by atoms with Gasteiger partial charge in [-0.1, -0.05) is 59.8 Å². The summed E-state index contributed by atoms with van der Waals surface area (Å²) in [6.07, 6.45) is 5.32. The second-order valence-electron chi connectivity index (χ2n) is 4.27. The van der Waals surface area contributed by atoms with Gasteiger partial charge in [-0.15, -0.1) is 0 Å². The number of rotatable bonds is 2. The minimum Gasteiger partial charge on any atom is -0.495 e. The number of aliphatic hydroxyl groups excluding tert-OH is 1. The minimum atomic E-state index is -0.786. The highest BCUT2D eigenvalue weighted by atomic mass is 35.5. The first-order valence-electron chi connectivity index (χ1n) is 6.26. The summed E-state index contributed by atoms with van der Waals surface area (Å²) in [5, 5.41) is 10.6. The Kier molecular flexibility index (Phi) is 5.06. The lowest BCUT2D eigenvalue weighted by Crippen LogP contribution is -1.92. The van der Waals surface area contributed by atoms with Crippen molar-refractivity contribution in [2.75, 3.05) is 7.11 Å². The van der Waals surface area contributed by atoms with E-state index in [1.54, 1.807) is 13.2 Å². The molecule has 0 saturated heterocycles. The fraction of sp³-hybridized carbons (Fsp3) is 0.176. The number of halogens is 1. The van der Waals surface area contributed by atoms with Crippen LogP contribution < -0.4 is 0 Å². The largest absolute Gasteiger partial charge is 0.495 e. The van der Waals surface area contributed by atoms with Crippen molar-refractivity contribution in [1.29, 1.82) is 0 Å². The van der Waals surface area contributed by atoms with Crippen LogP contribution in [-0.4, -0.2) is 12.2 Å². The van der Waals surface area contributed by atoms with Crippen LogP contribution >= 0.6 is 11.6 Å². The predicted molar refractivity (Wildman–Crippen MR) is 80.9 cm³/mol. The second kappa shape index (κ2) is 7.00. The van der Waals surface area contributed by atoms with Crippen LogP contribution in [0.3, 0.4) is 0 Å². The molecule has 0 heterocycles. The van der Waals surface area contributed by atoms with Crippen LogP contribution in [0.1, 0.15) is 18.1 Å². The highest BCUT2D eigenvalue weighted by Crippen LogP contribution is 2.21. The van der Waals surface area contributed by atoms with Gasteiger partial charge in [0.15, 0.2) is 0 Å². The van der Waals surface area contributed by atoms with E-state index in [1.165, 1.54) is 0 Å². The van der Waals surface area contributed by atoms with Gasteiger partial charge in [-0.25, -0.2) is 0 Å².